The fourth-order valence-electron chi connectivity index (χ4n) is 3.54. The highest BCUT2D eigenvalue weighted by Gasteiger charge is 2.27. The van der Waals surface area contributed by atoms with E-state index in [9.17, 15) is 9.59 Å². The summed E-state index contributed by atoms with van der Waals surface area (Å²) in [6.07, 6.45) is 6.57. The fraction of sp³-hybridized carbons (Fsp3) is 0.875. The van der Waals surface area contributed by atoms with Crippen molar-refractivity contribution in [2.24, 2.45) is 11.8 Å². The smallest absolute Gasteiger partial charge is 0.234 e. The van der Waals surface area contributed by atoms with Crippen LogP contribution in [0.3, 0.4) is 0 Å². The summed E-state index contributed by atoms with van der Waals surface area (Å²) in [7, 11) is 1.69. The van der Waals surface area contributed by atoms with Crippen molar-refractivity contribution in [3.05, 3.63) is 0 Å². The largest absolute Gasteiger partial charge is 0.359 e. The van der Waals surface area contributed by atoms with Crippen LogP contribution in [-0.4, -0.2) is 49.4 Å². The summed E-state index contributed by atoms with van der Waals surface area (Å²) in [5, 5.41) is 5.91. The van der Waals surface area contributed by atoms with Crippen LogP contribution in [-0.2, 0) is 9.59 Å². The molecule has 1 heterocycles. The van der Waals surface area contributed by atoms with Crippen molar-refractivity contribution in [3.63, 3.8) is 0 Å². The molecule has 2 amide bonds. The fourth-order valence-corrected chi connectivity index (χ4v) is 3.54. The van der Waals surface area contributed by atoms with Gasteiger partial charge in [-0.2, -0.15) is 0 Å². The summed E-state index contributed by atoms with van der Waals surface area (Å²) >= 11 is 0. The van der Waals surface area contributed by atoms with Crippen molar-refractivity contribution in [2.75, 3.05) is 26.7 Å². The second-order valence-electron chi connectivity index (χ2n) is 6.60. The highest BCUT2D eigenvalue weighted by atomic mass is 16.2. The Kier molecular flexibility index (Phi) is 6.03. The van der Waals surface area contributed by atoms with E-state index in [2.05, 4.69) is 22.5 Å². The summed E-state index contributed by atoms with van der Waals surface area (Å²) < 4.78 is 0. The number of hydrogen-bond donors (Lipinski definition) is 2. The van der Waals surface area contributed by atoms with Crippen molar-refractivity contribution >= 4 is 11.8 Å². The average Bonchev–Trinajstić information content (AvgIpc) is 2.49. The first-order valence-corrected chi connectivity index (χ1v) is 8.33. The van der Waals surface area contributed by atoms with E-state index in [1.54, 1.807) is 7.05 Å². The van der Waals surface area contributed by atoms with Gasteiger partial charge in [0.1, 0.15) is 0 Å². The van der Waals surface area contributed by atoms with Gasteiger partial charge in [-0.25, -0.2) is 0 Å². The molecule has 0 radical (unpaired) electrons. The van der Waals surface area contributed by atoms with Gasteiger partial charge in [0.15, 0.2) is 0 Å². The van der Waals surface area contributed by atoms with Crippen LogP contribution in [0.5, 0.6) is 0 Å². The molecule has 2 aliphatic rings. The van der Waals surface area contributed by atoms with Crippen molar-refractivity contribution in [1.29, 1.82) is 0 Å². The Labute approximate surface area is 127 Å². The van der Waals surface area contributed by atoms with Crippen LogP contribution >= 0.6 is 0 Å². The predicted molar refractivity (Wildman–Crippen MR) is 82.8 cm³/mol. The van der Waals surface area contributed by atoms with Gasteiger partial charge in [0.05, 0.1) is 6.54 Å². The average molecular weight is 295 g/mol. The molecule has 0 spiro atoms. The lowest BCUT2D eigenvalue weighted by Crippen LogP contribution is -2.48. The van der Waals surface area contributed by atoms with Crippen LogP contribution in [0.15, 0.2) is 0 Å². The van der Waals surface area contributed by atoms with Gasteiger partial charge in [-0.3, -0.25) is 14.5 Å². The van der Waals surface area contributed by atoms with Crippen LogP contribution < -0.4 is 10.6 Å². The quantitative estimate of drug-likeness (QED) is 0.817. The normalized spacial score (nSPS) is 28.1. The van der Waals surface area contributed by atoms with Gasteiger partial charge >= 0.3 is 0 Å². The van der Waals surface area contributed by atoms with Gasteiger partial charge in [0, 0.05) is 19.0 Å². The first kappa shape index (κ1) is 16.3. The predicted octanol–water partition coefficient (Wildman–Crippen LogP) is 1.14. The summed E-state index contributed by atoms with van der Waals surface area (Å²) in [4.78, 5) is 25.9. The molecular formula is C16H29N3O2. The maximum Gasteiger partial charge on any atom is 0.234 e. The number of rotatable bonds is 4. The maximum atomic E-state index is 12.2. The van der Waals surface area contributed by atoms with Crippen LogP contribution in [0.25, 0.3) is 0 Å². The third-order valence-corrected chi connectivity index (χ3v) is 5.03. The third-order valence-electron chi connectivity index (χ3n) is 5.03. The molecule has 1 saturated heterocycles. The van der Waals surface area contributed by atoms with Crippen molar-refractivity contribution in [2.45, 2.75) is 51.5 Å². The number of amides is 2. The molecule has 0 unspecified atom stereocenters. The van der Waals surface area contributed by atoms with Gasteiger partial charge in [0.25, 0.3) is 0 Å². The van der Waals surface area contributed by atoms with Crippen molar-refractivity contribution in [1.82, 2.24) is 15.5 Å². The molecule has 2 fully saturated rings. The number of hydrogen-bond acceptors (Lipinski definition) is 3. The number of nitrogens with one attached hydrogen (secondary N) is 2. The highest BCUT2D eigenvalue weighted by molar-refractivity contribution is 5.79. The first-order valence-electron chi connectivity index (χ1n) is 8.33. The molecule has 21 heavy (non-hydrogen) atoms. The molecule has 1 aliphatic carbocycles. The Morgan fingerprint density at radius 2 is 1.76 bits per heavy atom. The zero-order valence-corrected chi connectivity index (χ0v) is 13.4. The van der Waals surface area contributed by atoms with E-state index in [4.69, 9.17) is 0 Å². The number of carbonyl (C=O) groups excluding carboxylic acids is 2. The third kappa shape index (κ3) is 4.70. The molecule has 0 aromatic rings. The molecule has 1 saturated carbocycles. The minimum atomic E-state index is 0.118. The molecule has 2 rings (SSSR count). The maximum absolute atomic E-state index is 12.2. The van der Waals surface area contributed by atoms with Crippen molar-refractivity contribution in [3.8, 4) is 0 Å². The van der Waals surface area contributed by atoms with Crippen LogP contribution in [0.1, 0.15) is 45.4 Å². The van der Waals surface area contributed by atoms with E-state index < -0.39 is 0 Å². The summed E-state index contributed by atoms with van der Waals surface area (Å²) in [5.74, 6) is 0.997. The monoisotopic (exact) mass is 295 g/mol. The second-order valence-corrected chi connectivity index (χ2v) is 6.60. The van der Waals surface area contributed by atoms with E-state index in [0.717, 1.165) is 32.4 Å². The Balaban J connectivity index is 1.70. The Bertz CT molecular complexity index is 365. The summed E-state index contributed by atoms with van der Waals surface area (Å²) in [5.41, 5.74) is 0. The minimum Gasteiger partial charge on any atom is -0.359 e. The number of likely N-dealkylation sites (tertiary alicyclic amines) is 1. The minimum absolute atomic E-state index is 0.118. The van der Waals surface area contributed by atoms with E-state index in [1.807, 2.05) is 0 Å². The first-order chi connectivity index (χ1) is 10.1. The number of piperidine rings is 1. The molecule has 5 heteroatoms. The standard InChI is InChI=1S/C16H29N3O2/c1-12-5-3-4-6-14(12)18-15(20)11-19-9-7-13(8-10-19)16(21)17-2/h12-14H,3-11H2,1-2H3,(H,17,21)(H,18,20)/t12-,14+/m0/s1. The molecule has 0 bridgehead atoms. The topological polar surface area (TPSA) is 61.4 Å². The van der Waals surface area contributed by atoms with Crippen molar-refractivity contribution < 1.29 is 9.59 Å². The van der Waals surface area contributed by atoms with E-state index >= 15 is 0 Å². The summed E-state index contributed by atoms with van der Waals surface area (Å²) in [6.45, 7) is 4.39. The van der Waals surface area contributed by atoms with Crippen LogP contribution in [0, 0.1) is 11.8 Å². The lowest BCUT2D eigenvalue weighted by atomic mass is 9.86. The molecule has 120 valence electrons. The molecule has 1 aliphatic heterocycles. The van der Waals surface area contributed by atoms with Gasteiger partial charge in [-0.05, 0) is 44.7 Å². The Hall–Kier alpha value is -1.10. The lowest BCUT2D eigenvalue weighted by molar-refractivity contribution is -0.126. The zero-order chi connectivity index (χ0) is 15.2. The van der Waals surface area contributed by atoms with Gasteiger partial charge in [-0.1, -0.05) is 19.8 Å². The van der Waals surface area contributed by atoms with Gasteiger partial charge in [-0.15, -0.1) is 0 Å². The van der Waals surface area contributed by atoms with E-state index in [-0.39, 0.29) is 17.7 Å². The Morgan fingerprint density at radius 1 is 1.10 bits per heavy atom. The van der Waals surface area contributed by atoms with E-state index in [1.165, 1.54) is 19.3 Å². The molecule has 5 nitrogen and oxygen atoms in total. The Morgan fingerprint density at radius 3 is 2.38 bits per heavy atom. The molecule has 0 aromatic carbocycles. The zero-order valence-electron chi connectivity index (χ0n) is 13.4. The molecule has 0 aromatic heterocycles. The van der Waals surface area contributed by atoms with Gasteiger partial charge in [0.2, 0.25) is 11.8 Å². The number of nitrogens with zero attached hydrogens (tertiary/aromatic N) is 1. The van der Waals surface area contributed by atoms with Crippen LogP contribution in [0.4, 0.5) is 0 Å². The molecule has 2 atom stereocenters. The lowest BCUT2D eigenvalue weighted by Gasteiger charge is -2.33. The number of carbonyl (C=O) groups is 2. The van der Waals surface area contributed by atoms with Gasteiger partial charge < -0.3 is 10.6 Å². The van der Waals surface area contributed by atoms with Crippen LogP contribution in [0.2, 0.25) is 0 Å². The van der Waals surface area contributed by atoms with E-state index in [0.29, 0.717) is 18.5 Å². The SMILES string of the molecule is CNC(=O)C1CCN(CC(=O)N[C@@H]2CCCC[C@@H]2C)CC1. The second kappa shape index (κ2) is 7.78. The molecule has 2 N–H and O–H groups in total. The highest BCUT2D eigenvalue weighted by Crippen LogP contribution is 2.23. The molecular weight excluding hydrogens is 266 g/mol. The summed E-state index contributed by atoms with van der Waals surface area (Å²) in [6, 6.07) is 0.356.